The van der Waals surface area contributed by atoms with Gasteiger partial charge >= 0.3 is 83.5 Å². The molecule has 0 aromatic heterocycles. The Morgan fingerprint density at radius 1 is 0.444 bits per heavy atom. The fraction of sp³-hybridized carbons (Fsp3) is 0. The van der Waals surface area contributed by atoms with Gasteiger partial charge in [0.25, 0.3) is 0 Å². The Labute approximate surface area is 170 Å². The maximum atomic E-state index is 0. The van der Waals surface area contributed by atoms with E-state index in [1.807, 2.05) is 0 Å². The quantitative estimate of drug-likeness (QED) is 0.325. The Balaban J connectivity index is 0. The van der Waals surface area contributed by atoms with Gasteiger partial charge in [-0.2, -0.15) is 0 Å². The summed E-state index contributed by atoms with van der Waals surface area (Å²) in [5.74, 6) is 0. The smallest absolute Gasteiger partial charge is 2.00 e. The van der Waals surface area contributed by atoms with E-state index in [0.717, 1.165) is 0 Å². The Morgan fingerprint density at radius 2 is 0.444 bits per heavy atom. The Kier molecular flexibility index (Phi) is 788. The monoisotopic (exact) mass is 639 g/mol. The zero-order chi connectivity index (χ0) is 0. The summed E-state index contributed by atoms with van der Waals surface area (Å²) in [7, 11) is 0. The van der Waals surface area contributed by atoms with Crippen molar-refractivity contribution in [2.45, 2.75) is 0 Å². The van der Waals surface area contributed by atoms with E-state index >= 15 is 0 Å². The van der Waals surface area contributed by atoms with Crippen LogP contribution in [0.3, 0.4) is 0 Å². The zero-order valence-electron chi connectivity index (χ0n) is 3.67. The molecule has 0 aliphatic carbocycles. The topological polar surface area (TPSA) is 85.5 Å². The molecule has 9 heteroatoms. The summed E-state index contributed by atoms with van der Waals surface area (Å²) in [6.07, 6.45) is 0. The third-order valence-corrected chi connectivity index (χ3v) is 0. The van der Waals surface area contributed by atoms with E-state index < -0.39 is 0 Å². The summed E-state index contributed by atoms with van der Waals surface area (Å²) < 4.78 is 0. The van der Waals surface area contributed by atoms with Crippen LogP contribution >= 0.6 is 0 Å². The first-order valence-electron chi connectivity index (χ1n) is 0. The Hall–Kier alpha value is 5.00. The summed E-state index contributed by atoms with van der Waals surface area (Å²) in [5, 5.41) is 0. The molecule has 0 atom stereocenters. The molecule has 0 rings (SSSR count). The van der Waals surface area contributed by atoms with Gasteiger partial charge in [-0.15, -0.1) is 0 Å². The van der Waals surface area contributed by atoms with E-state index in [1.54, 1.807) is 0 Å². The number of hydrogen-bond donors (Lipinski definition) is 0. The molecule has 0 heterocycles. The van der Waals surface area contributed by atoms with Gasteiger partial charge in [-0.1, -0.05) is 0 Å². The van der Waals surface area contributed by atoms with Gasteiger partial charge in [0.2, 0.25) is 0 Å². The number of rotatable bonds is 0. The van der Waals surface area contributed by atoms with Crippen LogP contribution < -0.4 is 0 Å². The van der Waals surface area contributed by atoms with Crippen LogP contribution in [0, 0.1) is 83.5 Å². The zero-order valence-corrected chi connectivity index (χ0v) is 15.9. The van der Waals surface area contributed by atoms with Crippen LogP contribution in [0.15, 0.2) is 0 Å². The first-order valence-corrected chi connectivity index (χ1v) is 0. The maximum Gasteiger partial charge on any atom is 3.00 e. The third kappa shape index (κ3) is 62.9. The van der Waals surface area contributed by atoms with Crippen molar-refractivity contribution in [3.63, 3.8) is 0 Å². The minimum atomic E-state index is 0. The molecule has 0 aromatic carbocycles. The van der Waals surface area contributed by atoms with Crippen LogP contribution in [0.5, 0.6) is 0 Å². The predicted molar refractivity (Wildman–Crippen MR) is 2.06 cm³/mol. The van der Waals surface area contributed by atoms with Crippen molar-refractivity contribution in [1.82, 2.24) is 0 Å². The molecule has 0 unspecified atom stereocenters. The van der Waals surface area contributed by atoms with Crippen molar-refractivity contribution < 1.29 is 175 Å². The van der Waals surface area contributed by atoms with Crippen molar-refractivity contribution in [2.24, 2.45) is 0 Å². The van der Waals surface area contributed by atoms with Gasteiger partial charge in [-0.3, -0.25) is 0 Å². The Morgan fingerprint density at radius 3 is 0.444 bits per heavy atom. The molecule has 0 saturated heterocycles. The van der Waals surface area contributed by atoms with E-state index in [0.29, 0.717) is 0 Å². The molecule has 0 aliphatic rings. The van der Waals surface area contributed by atoms with Gasteiger partial charge in [0, 0.05) is 75.1 Å². The molecule has 0 N–H and O–H groups in total. The molecule has 3 nitrogen and oxygen atoms in total. The summed E-state index contributed by atoms with van der Waals surface area (Å²) in [6.45, 7) is 0. The van der Waals surface area contributed by atoms with Crippen molar-refractivity contribution in [1.29, 1.82) is 0 Å². The largest absolute Gasteiger partial charge is 3.00 e. The maximum absolute atomic E-state index is 0. The fourth-order valence-corrected chi connectivity index (χ4v) is 0. The average molecular weight is 637 g/mol. The SMILES string of the molecule is [Ce+3].[Ce+3].[Mo].[Mo].[Ni].[Ni].[O-2].[O-2].[O-2]. The molecule has 58 valence electrons. The van der Waals surface area contributed by atoms with E-state index in [2.05, 4.69) is 0 Å². The minimum absolute atomic E-state index is 0. The molecular weight excluding hydrogens is 637 g/mol. The van der Waals surface area contributed by atoms with Gasteiger partial charge in [0.1, 0.15) is 0 Å². The van der Waals surface area contributed by atoms with Crippen LogP contribution in [0.1, 0.15) is 0 Å². The van der Waals surface area contributed by atoms with Crippen molar-refractivity contribution in [2.75, 3.05) is 0 Å². The summed E-state index contributed by atoms with van der Waals surface area (Å²) in [5.41, 5.74) is 0. The molecule has 0 spiro atoms. The molecule has 0 aromatic rings. The summed E-state index contributed by atoms with van der Waals surface area (Å²) in [4.78, 5) is 0. The van der Waals surface area contributed by atoms with Gasteiger partial charge in [-0.05, 0) is 0 Å². The molecule has 0 fully saturated rings. The van der Waals surface area contributed by atoms with E-state index in [9.17, 15) is 0 Å². The predicted octanol–water partition coefficient (Wildman–Crippen LogP) is -0.366. The first kappa shape index (κ1) is 94.7. The van der Waals surface area contributed by atoms with Crippen LogP contribution in [-0.2, 0) is 91.5 Å². The summed E-state index contributed by atoms with van der Waals surface area (Å²) in [6, 6.07) is 0. The second kappa shape index (κ2) is 74.9. The standard InChI is InChI=1S/2Ce.2Mo.2Ni.3O/q2*+3;;;;;3*-2. The molecule has 9 heavy (non-hydrogen) atoms. The van der Waals surface area contributed by atoms with Crippen molar-refractivity contribution >= 4 is 0 Å². The second-order valence-electron chi connectivity index (χ2n) is 0. The molecule has 0 saturated carbocycles. The van der Waals surface area contributed by atoms with Crippen LogP contribution in [0.4, 0.5) is 0 Å². The van der Waals surface area contributed by atoms with Crippen molar-refractivity contribution in [3.8, 4) is 0 Å². The number of hydrogen-bond acceptors (Lipinski definition) is 0. The van der Waals surface area contributed by atoms with E-state index in [4.69, 9.17) is 0 Å². The Bertz CT molecular complexity index is 17.8. The summed E-state index contributed by atoms with van der Waals surface area (Å²) >= 11 is 0. The normalized spacial score (nSPS) is 0. The molecule has 0 aliphatic heterocycles. The van der Waals surface area contributed by atoms with Gasteiger partial charge in [0.05, 0.1) is 0 Å². The van der Waals surface area contributed by atoms with E-state index in [1.165, 1.54) is 0 Å². The van der Waals surface area contributed by atoms with Gasteiger partial charge < -0.3 is 16.4 Å². The average Bonchev–Trinajstić information content (AvgIpc) is 0. The van der Waals surface area contributed by atoms with Gasteiger partial charge in [0.15, 0.2) is 0 Å². The molecule has 2 radical (unpaired) electrons. The molecule has 0 bridgehead atoms. The van der Waals surface area contributed by atoms with Crippen LogP contribution in [0.25, 0.3) is 0 Å². The first-order chi connectivity index (χ1) is 0. The second-order valence-corrected chi connectivity index (χ2v) is 0. The van der Waals surface area contributed by atoms with Crippen LogP contribution in [0.2, 0.25) is 0 Å². The minimum Gasteiger partial charge on any atom is -2.00 e. The fourth-order valence-electron chi connectivity index (χ4n) is 0. The van der Waals surface area contributed by atoms with Gasteiger partial charge in [-0.25, -0.2) is 0 Å². The van der Waals surface area contributed by atoms with Crippen LogP contribution in [-0.4, -0.2) is 0 Å². The van der Waals surface area contributed by atoms with Crippen molar-refractivity contribution in [3.05, 3.63) is 0 Å². The third-order valence-electron chi connectivity index (χ3n) is 0. The van der Waals surface area contributed by atoms with E-state index in [-0.39, 0.29) is 175 Å². The molecular formula is Ce2Mo2Ni2O3. The molecule has 0 amide bonds.